The number of amides is 1. The number of anilines is 2. The van der Waals surface area contributed by atoms with E-state index in [1.807, 2.05) is 41.3 Å². The zero-order valence-corrected chi connectivity index (χ0v) is 12.6. The molecule has 22 heavy (non-hydrogen) atoms. The third kappa shape index (κ3) is 3.42. The Hall–Kier alpha value is -2.43. The second-order valence-corrected chi connectivity index (χ2v) is 5.54. The molecule has 0 spiro atoms. The molecular weight excluding hydrogens is 278 g/mol. The standard InChI is InChI=1S/C17H21N3O2/c18-14-3-5-15(6-4-14)19-9-11-20(12-10-19)17(21)8-7-16-2-1-13-22-16/h1-6,13H,7-12,18H2. The van der Waals surface area contributed by atoms with Crippen LogP contribution in [0.25, 0.3) is 0 Å². The van der Waals surface area contributed by atoms with E-state index < -0.39 is 0 Å². The molecule has 0 bridgehead atoms. The van der Waals surface area contributed by atoms with E-state index in [4.69, 9.17) is 10.2 Å². The smallest absolute Gasteiger partial charge is 0.223 e. The number of benzene rings is 1. The van der Waals surface area contributed by atoms with Crippen LogP contribution in [0.2, 0.25) is 0 Å². The molecule has 1 amide bonds. The van der Waals surface area contributed by atoms with Gasteiger partial charge in [0.1, 0.15) is 5.76 Å². The number of furan rings is 1. The predicted molar refractivity (Wildman–Crippen MR) is 86.7 cm³/mol. The van der Waals surface area contributed by atoms with E-state index in [1.165, 1.54) is 0 Å². The van der Waals surface area contributed by atoms with Gasteiger partial charge in [-0.2, -0.15) is 0 Å². The number of aryl methyl sites for hydroxylation is 1. The molecule has 0 unspecified atom stereocenters. The van der Waals surface area contributed by atoms with Crippen LogP contribution < -0.4 is 10.6 Å². The van der Waals surface area contributed by atoms with E-state index in [2.05, 4.69) is 4.90 Å². The normalized spacial score (nSPS) is 15.1. The highest BCUT2D eigenvalue weighted by atomic mass is 16.3. The first-order valence-electron chi connectivity index (χ1n) is 7.63. The first-order chi connectivity index (χ1) is 10.7. The van der Waals surface area contributed by atoms with Crippen molar-refractivity contribution in [3.63, 3.8) is 0 Å². The Kier molecular flexibility index (Phi) is 4.32. The summed E-state index contributed by atoms with van der Waals surface area (Å²) >= 11 is 0. The molecule has 1 fully saturated rings. The number of carbonyl (C=O) groups is 1. The molecule has 5 heteroatoms. The van der Waals surface area contributed by atoms with Gasteiger partial charge in [-0.05, 0) is 36.4 Å². The van der Waals surface area contributed by atoms with Gasteiger partial charge in [-0.1, -0.05) is 0 Å². The Balaban J connectivity index is 1.48. The highest BCUT2D eigenvalue weighted by molar-refractivity contribution is 5.76. The van der Waals surface area contributed by atoms with Crippen LogP contribution in [0.5, 0.6) is 0 Å². The molecule has 1 aromatic carbocycles. The highest BCUT2D eigenvalue weighted by Crippen LogP contribution is 2.18. The lowest BCUT2D eigenvalue weighted by Gasteiger charge is -2.36. The van der Waals surface area contributed by atoms with Crippen molar-refractivity contribution < 1.29 is 9.21 Å². The molecule has 1 aromatic heterocycles. The molecule has 2 N–H and O–H groups in total. The fourth-order valence-corrected chi connectivity index (χ4v) is 2.74. The Morgan fingerprint density at radius 1 is 1.09 bits per heavy atom. The van der Waals surface area contributed by atoms with Gasteiger partial charge in [0.2, 0.25) is 5.91 Å². The van der Waals surface area contributed by atoms with Gasteiger partial charge in [-0.15, -0.1) is 0 Å². The molecule has 5 nitrogen and oxygen atoms in total. The third-order valence-electron chi connectivity index (χ3n) is 4.06. The number of nitrogens with two attached hydrogens (primary N) is 1. The molecule has 0 atom stereocenters. The van der Waals surface area contributed by atoms with Crippen LogP contribution in [-0.4, -0.2) is 37.0 Å². The maximum Gasteiger partial charge on any atom is 0.223 e. The number of nitrogens with zero attached hydrogens (tertiary/aromatic N) is 2. The van der Waals surface area contributed by atoms with Crippen molar-refractivity contribution in [3.05, 3.63) is 48.4 Å². The van der Waals surface area contributed by atoms with Gasteiger partial charge in [0.15, 0.2) is 0 Å². The van der Waals surface area contributed by atoms with Crippen LogP contribution in [0.1, 0.15) is 12.2 Å². The number of piperazine rings is 1. The minimum atomic E-state index is 0.202. The Labute approximate surface area is 130 Å². The fraction of sp³-hybridized carbons (Fsp3) is 0.353. The summed E-state index contributed by atoms with van der Waals surface area (Å²) in [5, 5.41) is 0. The van der Waals surface area contributed by atoms with Crippen molar-refractivity contribution in [2.75, 3.05) is 36.8 Å². The van der Waals surface area contributed by atoms with E-state index in [-0.39, 0.29) is 5.91 Å². The van der Waals surface area contributed by atoms with Gasteiger partial charge in [0.25, 0.3) is 0 Å². The van der Waals surface area contributed by atoms with Gasteiger partial charge >= 0.3 is 0 Å². The minimum Gasteiger partial charge on any atom is -0.469 e. The van der Waals surface area contributed by atoms with Gasteiger partial charge in [-0.3, -0.25) is 4.79 Å². The SMILES string of the molecule is Nc1ccc(N2CCN(C(=O)CCc3ccco3)CC2)cc1. The Bertz CT molecular complexity index is 599. The van der Waals surface area contributed by atoms with Crippen molar-refractivity contribution in [2.45, 2.75) is 12.8 Å². The molecule has 1 aliphatic rings. The maximum absolute atomic E-state index is 12.2. The number of hydrogen-bond donors (Lipinski definition) is 1. The maximum atomic E-state index is 12.2. The lowest BCUT2D eigenvalue weighted by Crippen LogP contribution is -2.48. The van der Waals surface area contributed by atoms with Gasteiger partial charge in [-0.25, -0.2) is 0 Å². The van der Waals surface area contributed by atoms with Gasteiger partial charge in [0.05, 0.1) is 6.26 Å². The lowest BCUT2D eigenvalue weighted by molar-refractivity contribution is -0.131. The molecule has 1 saturated heterocycles. The second kappa shape index (κ2) is 6.56. The van der Waals surface area contributed by atoms with Crippen LogP contribution in [0.3, 0.4) is 0 Å². The van der Waals surface area contributed by atoms with Crippen molar-refractivity contribution in [2.24, 2.45) is 0 Å². The summed E-state index contributed by atoms with van der Waals surface area (Å²) in [7, 11) is 0. The summed E-state index contributed by atoms with van der Waals surface area (Å²) in [6, 6.07) is 11.7. The van der Waals surface area contributed by atoms with Crippen molar-refractivity contribution in [1.82, 2.24) is 4.90 Å². The van der Waals surface area contributed by atoms with E-state index in [0.29, 0.717) is 12.8 Å². The number of hydrogen-bond acceptors (Lipinski definition) is 4. The molecule has 2 heterocycles. The van der Waals surface area contributed by atoms with Crippen LogP contribution in [-0.2, 0) is 11.2 Å². The number of nitrogen functional groups attached to an aromatic ring is 1. The fourth-order valence-electron chi connectivity index (χ4n) is 2.74. The highest BCUT2D eigenvalue weighted by Gasteiger charge is 2.21. The van der Waals surface area contributed by atoms with Crippen LogP contribution in [0.4, 0.5) is 11.4 Å². The Morgan fingerprint density at radius 2 is 1.82 bits per heavy atom. The monoisotopic (exact) mass is 299 g/mol. The largest absolute Gasteiger partial charge is 0.469 e. The van der Waals surface area contributed by atoms with Crippen LogP contribution >= 0.6 is 0 Å². The summed E-state index contributed by atoms with van der Waals surface area (Å²) in [5.74, 6) is 1.07. The summed E-state index contributed by atoms with van der Waals surface area (Å²) in [6.07, 6.45) is 2.82. The second-order valence-electron chi connectivity index (χ2n) is 5.54. The molecule has 1 aliphatic heterocycles. The van der Waals surface area contributed by atoms with Crippen LogP contribution in [0.15, 0.2) is 47.1 Å². The van der Waals surface area contributed by atoms with Crippen molar-refractivity contribution >= 4 is 17.3 Å². The van der Waals surface area contributed by atoms with E-state index in [0.717, 1.165) is 43.3 Å². The van der Waals surface area contributed by atoms with Crippen molar-refractivity contribution in [1.29, 1.82) is 0 Å². The molecule has 3 rings (SSSR count). The van der Waals surface area contributed by atoms with E-state index >= 15 is 0 Å². The average Bonchev–Trinajstić information content (AvgIpc) is 3.07. The molecule has 116 valence electrons. The minimum absolute atomic E-state index is 0.202. The topological polar surface area (TPSA) is 62.7 Å². The summed E-state index contributed by atoms with van der Waals surface area (Å²) in [4.78, 5) is 16.5. The quantitative estimate of drug-likeness (QED) is 0.879. The van der Waals surface area contributed by atoms with Crippen LogP contribution in [0, 0.1) is 0 Å². The first-order valence-corrected chi connectivity index (χ1v) is 7.63. The van der Waals surface area contributed by atoms with E-state index in [1.54, 1.807) is 6.26 Å². The molecule has 2 aromatic rings. The first kappa shape index (κ1) is 14.5. The summed E-state index contributed by atoms with van der Waals surface area (Å²) in [5.41, 5.74) is 7.65. The molecular formula is C17H21N3O2. The van der Waals surface area contributed by atoms with E-state index in [9.17, 15) is 4.79 Å². The molecule has 0 saturated carbocycles. The summed E-state index contributed by atoms with van der Waals surface area (Å²) in [6.45, 7) is 3.25. The zero-order chi connectivity index (χ0) is 15.4. The van der Waals surface area contributed by atoms with Crippen molar-refractivity contribution in [3.8, 4) is 0 Å². The lowest BCUT2D eigenvalue weighted by atomic mass is 10.2. The summed E-state index contributed by atoms with van der Waals surface area (Å²) < 4.78 is 5.27. The Morgan fingerprint density at radius 3 is 2.45 bits per heavy atom. The third-order valence-corrected chi connectivity index (χ3v) is 4.06. The van der Waals surface area contributed by atoms with Gasteiger partial charge in [0, 0.05) is 50.4 Å². The van der Waals surface area contributed by atoms with Gasteiger partial charge < -0.3 is 20.0 Å². The molecule has 0 radical (unpaired) electrons. The zero-order valence-electron chi connectivity index (χ0n) is 12.6. The number of rotatable bonds is 4. The predicted octanol–water partition coefficient (Wildman–Crippen LogP) is 2.14. The number of carbonyl (C=O) groups excluding carboxylic acids is 1. The average molecular weight is 299 g/mol. The molecule has 0 aliphatic carbocycles.